The monoisotopic (exact) mass is 285 g/mol. The molecule has 1 heterocycles. The maximum Gasteiger partial charge on any atom is 0.267 e. The minimum absolute atomic E-state index is 0.0611. The average molecular weight is 285 g/mol. The summed E-state index contributed by atoms with van der Waals surface area (Å²) < 4.78 is 1.50. The molecule has 112 valence electrons. The number of benzene rings is 1. The van der Waals surface area contributed by atoms with Crippen LogP contribution in [0.3, 0.4) is 0 Å². The second-order valence-electron chi connectivity index (χ2n) is 5.72. The van der Waals surface area contributed by atoms with Crippen molar-refractivity contribution in [1.29, 1.82) is 0 Å². The first-order valence-electron chi connectivity index (χ1n) is 7.32. The predicted octanol–water partition coefficient (Wildman–Crippen LogP) is 2.64. The first-order chi connectivity index (χ1) is 10.0. The van der Waals surface area contributed by atoms with Crippen molar-refractivity contribution in [2.75, 3.05) is 7.05 Å². The largest absolute Gasteiger partial charge is 0.311 e. The molecule has 0 aliphatic rings. The van der Waals surface area contributed by atoms with Crippen molar-refractivity contribution < 1.29 is 0 Å². The van der Waals surface area contributed by atoms with Crippen molar-refractivity contribution in [3.8, 4) is 0 Å². The Morgan fingerprint density at radius 3 is 2.33 bits per heavy atom. The summed E-state index contributed by atoms with van der Waals surface area (Å²) in [5.74, 6) is 0.522. The van der Waals surface area contributed by atoms with Gasteiger partial charge < -0.3 is 5.32 Å². The molecular weight excluding hydrogens is 262 g/mol. The number of aromatic nitrogens is 2. The van der Waals surface area contributed by atoms with Gasteiger partial charge in [-0.05, 0) is 36.6 Å². The molecule has 1 aromatic heterocycles. The van der Waals surface area contributed by atoms with Crippen molar-refractivity contribution in [2.45, 2.75) is 39.3 Å². The molecular formula is C17H23N3O. The second-order valence-corrected chi connectivity index (χ2v) is 5.72. The Balaban J connectivity index is 2.21. The third-order valence-corrected chi connectivity index (χ3v) is 3.72. The summed E-state index contributed by atoms with van der Waals surface area (Å²) in [5, 5.41) is 7.46. The van der Waals surface area contributed by atoms with Crippen LogP contribution in [0.4, 0.5) is 0 Å². The maximum absolute atomic E-state index is 11.9. The van der Waals surface area contributed by atoms with Crippen LogP contribution in [0.25, 0.3) is 0 Å². The topological polar surface area (TPSA) is 46.9 Å². The highest BCUT2D eigenvalue weighted by molar-refractivity contribution is 5.26. The highest BCUT2D eigenvalue weighted by atomic mass is 16.1. The minimum Gasteiger partial charge on any atom is -0.311 e. The van der Waals surface area contributed by atoms with Crippen molar-refractivity contribution in [3.05, 3.63) is 63.6 Å². The third kappa shape index (κ3) is 3.79. The van der Waals surface area contributed by atoms with Crippen LogP contribution in [0.1, 0.15) is 42.5 Å². The molecule has 0 fully saturated rings. The lowest BCUT2D eigenvalue weighted by Gasteiger charge is -2.18. The fourth-order valence-electron chi connectivity index (χ4n) is 2.31. The Morgan fingerprint density at radius 2 is 1.81 bits per heavy atom. The van der Waals surface area contributed by atoms with Gasteiger partial charge in [-0.25, -0.2) is 4.68 Å². The molecule has 2 rings (SSSR count). The number of rotatable bonds is 5. The molecule has 1 aromatic carbocycles. The normalized spacial score (nSPS) is 12.6. The third-order valence-electron chi connectivity index (χ3n) is 3.72. The lowest BCUT2D eigenvalue weighted by molar-refractivity contribution is 0.451. The van der Waals surface area contributed by atoms with Gasteiger partial charge in [-0.15, -0.1) is 0 Å². The fraction of sp³-hybridized carbons (Fsp3) is 0.412. The van der Waals surface area contributed by atoms with Crippen LogP contribution in [0.2, 0.25) is 0 Å². The lowest BCUT2D eigenvalue weighted by atomic mass is 9.99. The van der Waals surface area contributed by atoms with Gasteiger partial charge in [0.15, 0.2) is 0 Å². The first kappa shape index (κ1) is 15.4. The summed E-state index contributed by atoms with van der Waals surface area (Å²) in [6, 6.07) is 10.2. The SMILES string of the molecule is CNC(Cn1ncc(C)cc1=O)c1ccc(C(C)C)cc1. The highest BCUT2D eigenvalue weighted by Crippen LogP contribution is 2.19. The standard InChI is InChI=1S/C17H23N3O/c1-12(2)14-5-7-15(8-6-14)16(18-4)11-20-17(21)9-13(3)10-19-20/h5-10,12,16,18H,11H2,1-4H3. The Labute approximate surface area is 125 Å². The van der Waals surface area contributed by atoms with Crippen molar-refractivity contribution in [2.24, 2.45) is 0 Å². The van der Waals surface area contributed by atoms with E-state index in [0.717, 1.165) is 11.1 Å². The number of hydrogen-bond donors (Lipinski definition) is 1. The average Bonchev–Trinajstić information content (AvgIpc) is 2.47. The molecule has 1 N–H and O–H groups in total. The molecule has 21 heavy (non-hydrogen) atoms. The number of aryl methyl sites for hydroxylation is 1. The highest BCUT2D eigenvalue weighted by Gasteiger charge is 2.12. The van der Waals surface area contributed by atoms with Crippen molar-refractivity contribution in [1.82, 2.24) is 15.1 Å². The van der Waals surface area contributed by atoms with Crippen LogP contribution in [-0.2, 0) is 6.54 Å². The second kappa shape index (κ2) is 6.68. The van der Waals surface area contributed by atoms with Crippen LogP contribution in [0.5, 0.6) is 0 Å². The minimum atomic E-state index is -0.0611. The maximum atomic E-state index is 11.9. The van der Waals surface area contributed by atoms with E-state index < -0.39 is 0 Å². The molecule has 0 aliphatic carbocycles. The quantitative estimate of drug-likeness (QED) is 0.918. The zero-order valence-corrected chi connectivity index (χ0v) is 13.1. The summed E-state index contributed by atoms with van der Waals surface area (Å²) in [6.07, 6.45) is 1.72. The van der Waals surface area contributed by atoms with Crippen molar-refractivity contribution in [3.63, 3.8) is 0 Å². The van der Waals surface area contributed by atoms with Gasteiger partial charge in [0.05, 0.1) is 18.8 Å². The Hall–Kier alpha value is -1.94. The van der Waals surface area contributed by atoms with Crippen LogP contribution >= 0.6 is 0 Å². The molecule has 0 saturated carbocycles. The Morgan fingerprint density at radius 1 is 1.19 bits per heavy atom. The molecule has 2 aromatic rings. The van der Waals surface area contributed by atoms with Gasteiger partial charge >= 0.3 is 0 Å². The number of nitrogens with one attached hydrogen (secondary N) is 1. The molecule has 0 aliphatic heterocycles. The first-order valence-corrected chi connectivity index (χ1v) is 7.32. The lowest BCUT2D eigenvalue weighted by Crippen LogP contribution is -2.30. The molecule has 0 bridgehead atoms. The van der Waals surface area contributed by atoms with Gasteiger partial charge in [0.1, 0.15) is 0 Å². The van der Waals surface area contributed by atoms with E-state index >= 15 is 0 Å². The van der Waals surface area contributed by atoms with Crippen LogP contribution in [0.15, 0.2) is 41.3 Å². The molecule has 4 nitrogen and oxygen atoms in total. The van der Waals surface area contributed by atoms with E-state index in [-0.39, 0.29) is 11.6 Å². The van der Waals surface area contributed by atoms with Crippen LogP contribution < -0.4 is 10.9 Å². The van der Waals surface area contributed by atoms with Crippen LogP contribution in [0, 0.1) is 6.92 Å². The summed E-state index contributed by atoms with van der Waals surface area (Å²) >= 11 is 0. The van der Waals surface area contributed by atoms with E-state index in [1.54, 1.807) is 12.3 Å². The summed E-state index contributed by atoms with van der Waals surface area (Å²) in [6.45, 7) is 6.76. The zero-order chi connectivity index (χ0) is 15.4. The molecule has 0 amide bonds. The van der Waals surface area contributed by atoms with E-state index in [9.17, 15) is 4.79 Å². The number of likely N-dealkylation sites (N-methyl/N-ethyl adjacent to an activating group) is 1. The van der Waals surface area contributed by atoms with E-state index in [1.165, 1.54) is 10.2 Å². The van der Waals surface area contributed by atoms with E-state index in [0.29, 0.717) is 12.5 Å². The summed E-state index contributed by atoms with van der Waals surface area (Å²) in [7, 11) is 1.90. The zero-order valence-electron chi connectivity index (χ0n) is 13.1. The molecule has 4 heteroatoms. The van der Waals surface area contributed by atoms with Crippen LogP contribution in [-0.4, -0.2) is 16.8 Å². The Bertz CT molecular complexity index is 644. The molecule has 1 unspecified atom stereocenters. The molecule has 0 radical (unpaired) electrons. The summed E-state index contributed by atoms with van der Waals surface area (Å²) in [5.41, 5.74) is 3.31. The Kier molecular flexibility index (Phi) is 4.91. The van der Waals surface area contributed by atoms with Gasteiger partial charge in [0.2, 0.25) is 0 Å². The van der Waals surface area contributed by atoms with Gasteiger partial charge in [-0.3, -0.25) is 4.79 Å². The van der Waals surface area contributed by atoms with E-state index in [4.69, 9.17) is 0 Å². The van der Waals surface area contributed by atoms with E-state index in [1.807, 2.05) is 14.0 Å². The smallest absolute Gasteiger partial charge is 0.267 e. The van der Waals surface area contributed by atoms with E-state index in [2.05, 4.69) is 48.5 Å². The summed E-state index contributed by atoms with van der Waals surface area (Å²) in [4.78, 5) is 11.9. The molecule has 1 atom stereocenters. The van der Waals surface area contributed by atoms with Gasteiger partial charge in [-0.2, -0.15) is 5.10 Å². The van der Waals surface area contributed by atoms with Gasteiger partial charge in [-0.1, -0.05) is 38.1 Å². The molecule has 0 saturated heterocycles. The molecule has 0 spiro atoms. The van der Waals surface area contributed by atoms with Gasteiger partial charge in [0, 0.05) is 6.07 Å². The predicted molar refractivity (Wildman–Crippen MR) is 85.6 cm³/mol. The number of hydrogen-bond acceptors (Lipinski definition) is 3. The fourth-order valence-corrected chi connectivity index (χ4v) is 2.31. The number of nitrogens with zero attached hydrogens (tertiary/aromatic N) is 2. The van der Waals surface area contributed by atoms with Gasteiger partial charge in [0.25, 0.3) is 5.56 Å². The van der Waals surface area contributed by atoms with Crippen molar-refractivity contribution >= 4 is 0 Å².